The molecule has 1 unspecified atom stereocenters. The molecule has 0 aliphatic rings. The van der Waals surface area contributed by atoms with Crippen molar-refractivity contribution in [1.29, 1.82) is 0 Å². The molecule has 0 saturated carbocycles. The lowest BCUT2D eigenvalue weighted by Gasteiger charge is -2.01. The maximum absolute atomic E-state index is 10.9. The van der Waals surface area contributed by atoms with Gasteiger partial charge in [0.05, 0.1) is 7.11 Å². The van der Waals surface area contributed by atoms with Gasteiger partial charge in [-0.1, -0.05) is 15.9 Å². The van der Waals surface area contributed by atoms with Gasteiger partial charge in [0.25, 0.3) is 0 Å². The van der Waals surface area contributed by atoms with E-state index >= 15 is 0 Å². The van der Waals surface area contributed by atoms with Crippen molar-refractivity contribution in [1.82, 2.24) is 4.98 Å². The number of esters is 1. The quantitative estimate of drug-likeness (QED) is 0.580. The monoisotopic (exact) mass is 235 g/mol. The Labute approximate surface area is 76.5 Å². The first-order valence-electron chi connectivity index (χ1n) is 2.87. The zero-order valence-corrected chi connectivity index (χ0v) is 8.18. The number of methoxy groups -OCH3 is 1. The van der Waals surface area contributed by atoms with Crippen LogP contribution in [-0.4, -0.2) is 18.1 Å². The number of carbonyl (C=O) groups excluding carboxylic acids is 1. The van der Waals surface area contributed by atoms with Crippen LogP contribution in [0.3, 0.4) is 0 Å². The van der Waals surface area contributed by atoms with Crippen LogP contribution in [0.4, 0.5) is 0 Å². The van der Waals surface area contributed by atoms with E-state index in [4.69, 9.17) is 0 Å². The zero-order valence-electron chi connectivity index (χ0n) is 5.78. The van der Waals surface area contributed by atoms with Crippen molar-refractivity contribution in [3.63, 3.8) is 0 Å². The van der Waals surface area contributed by atoms with E-state index in [2.05, 4.69) is 25.7 Å². The maximum atomic E-state index is 10.9. The van der Waals surface area contributed by atoms with Crippen LogP contribution in [0.25, 0.3) is 0 Å². The third-order valence-corrected chi connectivity index (χ3v) is 3.03. The Kier molecular flexibility index (Phi) is 3.02. The number of halogens is 1. The summed E-state index contributed by atoms with van der Waals surface area (Å²) < 4.78 is 4.52. The number of rotatable bonds is 2. The Morgan fingerprint density at radius 2 is 2.64 bits per heavy atom. The number of alkyl halides is 1. The van der Waals surface area contributed by atoms with Crippen molar-refractivity contribution in [3.05, 3.63) is 16.6 Å². The van der Waals surface area contributed by atoms with Crippen molar-refractivity contribution < 1.29 is 9.53 Å². The number of thiazole rings is 1. The third-order valence-electron chi connectivity index (χ3n) is 1.08. The van der Waals surface area contributed by atoms with E-state index in [-0.39, 0.29) is 5.97 Å². The van der Waals surface area contributed by atoms with Crippen LogP contribution in [0, 0.1) is 0 Å². The van der Waals surface area contributed by atoms with Crippen LogP contribution < -0.4 is 0 Å². The molecule has 1 aromatic heterocycles. The van der Waals surface area contributed by atoms with Crippen molar-refractivity contribution in [3.8, 4) is 0 Å². The van der Waals surface area contributed by atoms with Crippen molar-refractivity contribution in [2.75, 3.05) is 7.11 Å². The highest BCUT2D eigenvalue weighted by molar-refractivity contribution is 9.09. The lowest BCUT2D eigenvalue weighted by atomic mass is 10.4. The number of carbonyl (C=O) groups is 1. The van der Waals surface area contributed by atoms with Gasteiger partial charge in [-0.15, -0.1) is 11.3 Å². The molecule has 0 radical (unpaired) electrons. The van der Waals surface area contributed by atoms with Gasteiger partial charge >= 0.3 is 5.97 Å². The van der Waals surface area contributed by atoms with Crippen LogP contribution in [0.2, 0.25) is 0 Å². The number of aromatic nitrogens is 1. The van der Waals surface area contributed by atoms with Crippen LogP contribution in [0.1, 0.15) is 9.83 Å². The molecule has 0 bridgehead atoms. The van der Waals surface area contributed by atoms with Gasteiger partial charge in [0.2, 0.25) is 0 Å². The normalized spacial score (nSPS) is 12.5. The van der Waals surface area contributed by atoms with Gasteiger partial charge in [0.1, 0.15) is 5.01 Å². The molecule has 0 fully saturated rings. The average molecular weight is 236 g/mol. The lowest BCUT2D eigenvalue weighted by Crippen LogP contribution is -2.07. The average Bonchev–Trinajstić information content (AvgIpc) is 2.53. The van der Waals surface area contributed by atoms with Gasteiger partial charge in [-0.05, 0) is 0 Å². The van der Waals surface area contributed by atoms with E-state index in [1.165, 1.54) is 18.4 Å². The molecule has 11 heavy (non-hydrogen) atoms. The van der Waals surface area contributed by atoms with Gasteiger partial charge in [-0.2, -0.15) is 0 Å². The Morgan fingerprint density at radius 3 is 3.09 bits per heavy atom. The second-order valence-electron chi connectivity index (χ2n) is 1.76. The molecular formula is C6H6BrNO2S. The Hall–Kier alpha value is -0.420. The SMILES string of the molecule is COC(=O)C(Br)c1nccs1. The predicted octanol–water partition coefficient (Wildman–Crippen LogP) is 1.75. The second-order valence-corrected chi connectivity index (χ2v) is 3.60. The summed E-state index contributed by atoms with van der Waals surface area (Å²) in [6.45, 7) is 0. The van der Waals surface area contributed by atoms with E-state index in [0.29, 0.717) is 0 Å². The van der Waals surface area contributed by atoms with Gasteiger partial charge in [0.15, 0.2) is 4.83 Å². The highest BCUT2D eigenvalue weighted by atomic mass is 79.9. The minimum absolute atomic E-state index is 0.319. The summed E-state index contributed by atoms with van der Waals surface area (Å²) >= 11 is 4.58. The number of hydrogen-bond donors (Lipinski definition) is 0. The number of hydrogen-bond acceptors (Lipinski definition) is 4. The summed E-state index contributed by atoms with van der Waals surface area (Å²) in [6.07, 6.45) is 1.65. The summed E-state index contributed by atoms with van der Waals surface area (Å²) in [5.74, 6) is -0.319. The minimum atomic E-state index is -0.424. The molecule has 0 saturated heterocycles. The zero-order chi connectivity index (χ0) is 8.27. The molecule has 0 aromatic carbocycles. The van der Waals surface area contributed by atoms with Crippen LogP contribution in [0.15, 0.2) is 11.6 Å². The largest absolute Gasteiger partial charge is 0.468 e. The van der Waals surface area contributed by atoms with Crippen molar-refractivity contribution in [2.24, 2.45) is 0 Å². The Bertz CT molecular complexity index is 237. The first-order chi connectivity index (χ1) is 5.25. The van der Waals surface area contributed by atoms with Crippen molar-refractivity contribution in [2.45, 2.75) is 4.83 Å². The smallest absolute Gasteiger partial charge is 0.326 e. The fourth-order valence-electron chi connectivity index (χ4n) is 0.564. The Balaban J connectivity index is 2.70. The molecule has 3 nitrogen and oxygen atoms in total. The van der Waals surface area contributed by atoms with Crippen LogP contribution in [0.5, 0.6) is 0 Å². The molecule has 0 N–H and O–H groups in total. The molecule has 0 amide bonds. The molecule has 1 heterocycles. The summed E-state index contributed by atoms with van der Waals surface area (Å²) in [7, 11) is 1.35. The van der Waals surface area contributed by atoms with E-state index in [9.17, 15) is 4.79 Å². The van der Waals surface area contributed by atoms with E-state index in [1.807, 2.05) is 5.38 Å². The Morgan fingerprint density at radius 1 is 1.91 bits per heavy atom. The topological polar surface area (TPSA) is 39.2 Å². The highest BCUT2D eigenvalue weighted by Crippen LogP contribution is 2.25. The third kappa shape index (κ3) is 2.00. The minimum Gasteiger partial charge on any atom is -0.468 e. The molecule has 0 aliphatic heterocycles. The van der Waals surface area contributed by atoms with Crippen LogP contribution in [-0.2, 0) is 9.53 Å². The number of nitrogens with zero attached hydrogens (tertiary/aromatic N) is 1. The van der Waals surface area contributed by atoms with E-state index < -0.39 is 4.83 Å². The van der Waals surface area contributed by atoms with Crippen molar-refractivity contribution >= 4 is 33.2 Å². The molecule has 5 heteroatoms. The fourth-order valence-corrected chi connectivity index (χ4v) is 1.79. The van der Waals surface area contributed by atoms with Gasteiger partial charge in [0, 0.05) is 11.6 Å². The lowest BCUT2D eigenvalue weighted by molar-refractivity contribution is -0.139. The fraction of sp³-hybridized carbons (Fsp3) is 0.333. The number of ether oxygens (including phenoxy) is 1. The van der Waals surface area contributed by atoms with Crippen LogP contribution >= 0.6 is 27.3 Å². The predicted molar refractivity (Wildman–Crippen MR) is 45.8 cm³/mol. The van der Waals surface area contributed by atoms with Gasteiger partial charge < -0.3 is 4.74 Å². The molecule has 1 aromatic rings. The molecule has 1 rings (SSSR count). The molecule has 0 spiro atoms. The summed E-state index contributed by atoms with van der Waals surface area (Å²) in [4.78, 5) is 14.4. The molecule has 1 atom stereocenters. The first-order valence-corrected chi connectivity index (χ1v) is 4.66. The standard InChI is InChI=1S/C6H6BrNO2S/c1-10-6(9)4(7)5-8-2-3-11-5/h2-4H,1H3. The molecule has 60 valence electrons. The second kappa shape index (κ2) is 3.82. The van der Waals surface area contributed by atoms with E-state index in [1.54, 1.807) is 6.20 Å². The highest BCUT2D eigenvalue weighted by Gasteiger charge is 2.19. The van der Waals surface area contributed by atoms with Gasteiger partial charge in [-0.25, -0.2) is 4.98 Å². The first kappa shape index (κ1) is 8.67. The summed E-state index contributed by atoms with van der Waals surface area (Å²) in [6, 6.07) is 0. The molecule has 0 aliphatic carbocycles. The molecular weight excluding hydrogens is 230 g/mol. The summed E-state index contributed by atoms with van der Waals surface area (Å²) in [5, 5.41) is 2.53. The van der Waals surface area contributed by atoms with E-state index in [0.717, 1.165) is 5.01 Å². The van der Waals surface area contributed by atoms with Gasteiger partial charge in [-0.3, -0.25) is 4.79 Å². The maximum Gasteiger partial charge on any atom is 0.326 e. The summed E-state index contributed by atoms with van der Waals surface area (Å²) in [5.41, 5.74) is 0.